The minimum absolute atomic E-state index is 0.219. The molecule has 0 atom stereocenters. The summed E-state index contributed by atoms with van der Waals surface area (Å²) in [6.07, 6.45) is 2.70. The van der Waals surface area contributed by atoms with E-state index in [2.05, 4.69) is 15.1 Å². The lowest BCUT2D eigenvalue weighted by atomic mass is 10.2. The minimum atomic E-state index is -1.09. The van der Waals surface area contributed by atoms with Crippen LogP contribution in [0.2, 0.25) is 5.15 Å². The fourth-order valence-electron chi connectivity index (χ4n) is 1.87. The summed E-state index contributed by atoms with van der Waals surface area (Å²) in [5, 5.41) is 4.79. The number of nitrogens with zero attached hydrogens (tertiary/aromatic N) is 4. The molecule has 3 aromatic rings. The van der Waals surface area contributed by atoms with Crippen molar-refractivity contribution in [1.29, 1.82) is 0 Å². The van der Waals surface area contributed by atoms with Crippen molar-refractivity contribution in [3.63, 3.8) is 0 Å². The number of aromatic nitrogens is 4. The van der Waals surface area contributed by atoms with Gasteiger partial charge in [-0.25, -0.2) is 19.0 Å². The van der Waals surface area contributed by atoms with Crippen molar-refractivity contribution >= 4 is 22.6 Å². The summed E-state index contributed by atoms with van der Waals surface area (Å²) in [6.45, 7) is 0. The largest absolute Gasteiger partial charge is 0.491 e. The molecule has 0 aliphatic rings. The number of benzene rings is 1. The van der Waals surface area contributed by atoms with Crippen LogP contribution in [0.3, 0.4) is 0 Å². The third kappa shape index (κ3) is 1.78. The molecule has 8 heteroatoms. The van der Waals surface area contributed by atoms with E-state index in [0.717, 1.165) is 6.07 Å². The van der Waals surface area contributed by atoms with Crippen LogP contribution in [-0.4, -0.2) is 26.9 Å². The van der Waals surface area contributed by atoms with E-state index >= 15 is 0 Å². The van der Waals surface area contributed by atoms with Gasteiger partial charge in [-0.15, -0.1) is 0 Å². The SMILES string of the molecule is COc1c(-n2ncc3c(Cl)ncnc32)ccc(F)c1F. The maximum absolute atomic E-state index is 13.7. The van der Waals surface area contributed by atoms with Gasteiger partial charge in [0.15, 0.2) is 17.2 Å². The Labute approximate surface area is 116 Å². The van der Waals surface area contributed by atoms with E-state index < -0.39 is 11.6 Å². The van der Waals surface area contributed by atoms with Gasteiger partial charge in [0.25, 0.3) is 0 Å². The Hall–Kier alpha value is -2.28. The van der Waals surface area contributed by atoms with E-state index in [4.69, 9.17) is 16.3 Å². The number of ether oxygens (including phenoxy) is 1. The highest BCUT2D eigenvalue weighted by Gasteiger charge is 2.18. The molecule has 0 bridgehead atoms. The van der Waals surface area contributed by atoms with Crippen LogP contribution in [-0.2, 0) is 0 Å². The Balaban J connectivity index is 2.32. The molecule has 0 unspecified atom stereocenters. The molecule has 1 aromatic carbocycles. The third-order valence-electron chi connectivity index (χ3n) is 2.78. The average molecular weight is 297 g/mol. The monoisotopic (exact) mass is 296 g/mol. The number of hydrogen-bond acceptors (Lipinski definition) is 4. The second-order valence-electron chi connectivity index (χ2n) is 3.87. The smallest absolute Gasteiger partial charge is 0.202 e. The maximum Gasteiger partial charge on any atom is 0.202 e. The molecule has 2 heterocycles. The van der Waals surface area contributed by atoms with Gasteiger partial charge in [0.05, 0.1) is 18.7 Å². The van der Waals surface area contributed by atoms with Crippen molar-refractivity contribution in [2.75, 3.05) is 7.11 Å². The Morgan fingerprint density at radius 2 is 2.05 bits per heavy atom. The van der Waals surface area contributed by atoms with Crippen LogP contribution >= 0.6 is 11.6 Å². The highest BCUT2D eigenvalue weighted by Crippen LogP contribution is 2.30. The average Bonchev–Trinajstić information content (AvgIpc) is 2.87. The van der Waals surface area contributed by atoms with Crippen molar-refractivity contribution < 1.29 is 13.5 Å². The highest BCUT2D eigenvalue weighted by molar-refractivity contribution is 6.33. The highest BCUT2D eigenvalue weighted by atomic mass is 35.5. The van der Waals surface area contributed by atoms with Crippen molar-refractivity contribution in [3.05, 3.63) is 41.4 Å². The van der Waals surface area contributed by atoms with E-state index in [1.807, 2.05) is 0 Å². The zero-order valence-corrected chi connectivity index (χ0v) is 10.9. The van der Waals surface area contributed by atoms with Crippen LogP contribution < -0.4 is 4.74 Å². The molecule has 0 radical (unpaired) electrons. The summed E-state index contributed by atoms with van der Waals surface area (Å²) in [7, 11) is 1.25. The molecule has 20 heavy (non-hydrogen) atoms. The molecule has 2 aromatic heterocycles. The lowest BCUT2D eigenvalue weighted by Crippen LogP contribution is -2.04. The molecule has 0 aliphatic carbocycles. The first-order valence-corrected chi connectivity index (χ1v) is 5.88. The first kappa shape index (κ1) is 12.7. The van der Waals surface area contributed by atoms with Gasteiger partial charge in [0, 0.05) is 0 Å². The van der Waals surface area contributed by atoms with Gasteiger partial charge in [0.1, 0.15) is 17.2 Å². The van der Waals surface area contributed by atoms with Gasteiger partial charge in [-0.3, -0.25) is 0 Å². The fraction of sp³-hybridized carbons (Fsp3) is 0.0833. The number of halogens is 3. The molecule has 0 aliphatic heterocycles. The van der Waals surface area contributed by atoms with E-state index in [1.165, 1.54) is 30.4 Å². The van der Waals surface area contributed by atoms with Gasteiger partial charge >= 0.3 is 0 Å². The quantitative estimate of drug-likeness (QED) is 0.682. The van der Waals surface area contributed by atoms with Crippen LogP contribution in [0.5, 0.6) is 5.75 Å². The number of hydrogen-bond donors (Lipinski definition) is 0. The third-order valence-corrected chi connectivity index (χ3v) is 3.08. The summed E-state index contributed by atoms with van der Waals surface area (Å²) in [5.74, 6) is -2.35. The van der Waals surface area contributed by atoms with Gasteiger partial charge in [0.2, 0.25) is 5.82 Å². The first-order chi connectivity index (χ1) is 9.63. The van der Waals surface area contributed by atoms with Gasteiger partial charge in [-0.1, -0.05) is 11.6 Å². The molecular formula is C12H7ClF2N4O. The zero-order valence-electron chi connectivity index (χ0n) is 10.1. The molecule has 0 saturated carbocycles. The normalized spacial score (nSPS) is 11.0. The summed E-state index contributed by atoms with van der Waals surface area (Å²) in [4.78, 5) is 7.86. The molecule has 0 amide bonds. The summed E-state index contributed by atoms with van der Waals surface area (Å²) in [6, 6.07) is 2.34. The Bertz CT molecular complexity index is 805. The van der Waals surface area contributed by atoms with E-state index in [-0.39, 0.29) is 16.6 Å². The van der Waals surface area contributed by atoms with Crippen molar-refractivity contribution in [2.45, 2.75) is 0 Å². The number of fused-ring (bicyclic) bond motifs is 1. The first-order valence-electron chi connectivity index (χ1n) is 5.50. The van der Waals surface area contributed by atoms with Crippen molar-refractivity contribution in [3.8, 4) is 11.4 Å². The predicted molar refractivity (Wildman–Crippen MR) is 68.1 cm³/mol. The van der Waals surface area contributed by atoms with Gasteiger partial charge in [-0.05, 0) is 12.1 Å². The molecule has 0 N–H and O–H groups in total. The Morgan fingerprint density at radius 3 is 2.80 bits per heavy atom. The van der Waals surface area contributed by atoms with Crippen LogP contribution in [0.15, 0.2) is 24.7 Å². The van der Waals surface area contributed by atoms with Gasteiger partial charge < -0.3 is 4.74 Å². The summed E-state index contributed by atoms with van der Waals surface area (Å²) < 4.78 is 33.2. The van der Waals surface area contributed by atoms with Crippen molar-refractivity contribution in [1.82, 2.24) is 19.7 Å². The van der Waals surface area contributed by atoms with E-state index in [1.54, 1.807) is 0 Å². The Morgan fingerprint density at radius 1 is 1.25 bits per heavy atom. The summed E-state index contributed by atoms with van der Waals surface area (Å²) in [5.41, 5.74) is 0.588. The number of methoxy groups -OCH3 is 1. The van der Waals surface area contributed by atoms with Crippen molar-refractivity contribution in [2.24, 2.45) is 0 Å². The lowest BCUT2D eigenvalue weighted by Gasteiger charge is -2.10. The van der Waals surface area contributed by atoms with Gasteiger partial charge in [-0.2, -0.15) is 9.49 Å². The van der Waals surface area contributed by atoms with Crippen LogP contribution in [0.4, 0.5) is 8.78 Å². The molecule has 0 spiro atoms. The molecule has 0 fully saturated rings. The van der Waals surface area contributed by atoms with Crippen LogP contribution in [0, 0.1) is 11.6 Å². The number of rotatable bonds is 2. The lowest BCUT2D eigenvalue weighted by molar-refractivity contribution is 0.369. The molecule has 5 nitrogen and oxygen atoms in total. The summed E-state index contributed by atoms with van der Waals surface area (Å²) >= 11 is 5.92. The molecule has 3 rings (SSSR count). The van der Waals surface area contributed by atoms with E-state index in [0.29, 0.717) is 11.0 Å². The van der Waals surface area contributed by atoms with Crippen LogP contribution in [0.1, 0.15) is 0 Å². The molecular weight excluding hydrogens is 290 g/mol. The van der Waals surface area contributed by atoms with Crippen LogP contribution in [0.25, 0.3) is 16.7 Å². The molecule has 0 saturated heterocycles. The second kappa shape index (κ2) is 4.68. The predicted octanol–water partition coefficient (Wildman–Crippen LogP) is 2.76. The standard InChI is InChI=1S/C12H7ClF2N4O/c1-20-10-8(3-2-7(14)9(10)15)19-12-6(4-18-19)11(13)16-5-17-12/h2-5H,1H3. The second-order valence-corrected chi connectivity index (χ2v) is 4.23. The molecule has 102 valence electrons. The Kier molecular flexibility index (Phi) is 2.98. The maximum atomic E-state index is 13.7. The van der Waals surface area contributed by atoms with E-state index in [9.17, 15) is 8.78 Å². The zero-order chi connectivity index (χ0) is 14.3. The fourth-order valence-corrected chi connectivity index (χ4v) is 2.05. The topological polar surface area (TPSA) is 52.8 Å². The minimum Gasteiger partial charge on any atom is -0.491 e.